The van der Waals surface area contributed by atoms with Gasteiger partial charge in [-0.25, -0.2) is 0 Å². The molecule has 0 saturated carbocycles. The first-order valence-electron chi connectivity index (χ1n) is 7.32. The topological polar surface area (TPSA) is 41.6 Å². The zero-order chi connectivity index (χ0) is 14.2. The maximum atomic E-state index is 5.62. The Bertz CT molecular complexity index is 413. The van der Waals surface area contributed by atoms with E-state index in [1.165, 1.54) is 32.4 Å². The van der Waals surface area contributed by atoms with E-state index in [4.69, 9.17) is 16.6 Å². The number of rotatable bonds is 6. The second-order valence-corrected chi connectivity index (χ2v) is 5.57. The van der Waals surface area contributed by atoms with Crippen LogP contribution in [0.5, 0.6) is 0 Å². The Balaban J connectivity index is 1.92. The van der Waals surface area contributed by atoms with Gasteiger partial charge in [0.15, 0.2) is 16.9 Å². The molecule has 1 aromatic rings. The largest absolute Gasteiger partial charge is 0.463 e. The van der Waals surface area contributed by atoms with Crippen LogP contribution in [0.1, 0.15) is 31.1 Å². The van der Waals surface area contributed by atoms with Gasteiger partial charge in [0.25, 0.3) is 0 Å². The van der Waals surface area contributed by atoms with Crippen molar-refractivity contribution in [3.63, 3.8) is 0 Å². The summed E-state index contributed by atoms with van der Waals surface area (Å²) in [5, 5.41) is 7.07. The standard InChI is InChI=1S/C15H23N3OS/c1-2-8-16-15(20)17-12-13(14-7-6-11-19-14)18-9-4-3-5-10-18/h2,6-7,11,13H,1,3-5,8-10,12H2,(H2,16,17,20)/p+1/t13-/m0/s1. The van der Waals surface area contributed by atoms with Crippen molar-refractivity contribution in [1.29, 1.82) is 0 Å². The van der Waals surface area contributed by atoms with Crippen LogP contribution in [0.15, 0.2) is 35.5 Å². The highest BCUT2D eigenvalue weighted by Crippen LogP contribution is 2.11. The van der Waals surface area contributed by atoms with Crippen molar-refractivity contribution in [2.24, 2.45) is 0 Å². The second-order valence-electron chi connectivity index (χ2n) is 5.17. The summed E-state index contributed by atoms with van der Waals surface area (Å²) < 4.78 is 5.62. The van der Waals surface area contributed by atoms with Gasteiger partial charge in [-0.15, -0.1) is 6.58 Å². The molecule has 0 aliphatic carbocycles. The summed E-state index contributed by atoms with van der Waals surface area (Å²) in [7, 11) is 0. The first-order valence-corrected chi connectivity index (χ1v) is 7.72. The second kappa shape index (κ2) is 8.07. The van der Waals surface area contributed by atoms with Crippen molar-refractivity contribution < 1.29 is 9.32 Å². The lowest BCUT2D eigenvalue weighted by molar-refractivity contribution is -0.936. The number of likely N-dealkylation sites (tertiary alicyclic amines) is 1. The lowest BCUT2D eigenvalue weighted by Crippen LogP contribution is -3.13. The smallest absolute Gasteiger partial charge is 0.166 e. The molecule has 2 heterocycles. The predicted octanol–water partition coefficient (Wildman–Crippen LogP) is 1.04. The molecule has 3 N–H and O–H groups in total. The molecule has 5 heteroatoms. The Morgan fingerprint density at radius 1 is 1.40 bits per heavy atom. The first-order chi connectivity index (χ1) is 9.81. The molecule has 110 valence electrons. The highest BCUT2D eigenvalue weighted by molar-refractivity contribution is 7.80. The van der Waals surface area contributed by atoms with Gasteiger partial charge < -0.3 is 20.0 Å². The van der Waals surface area contributed by atoms with E-state index in [1.807, 2.05) is 6.07 Å². The van der Waals surface area contributed by atoms with Gasteiger partial charge in [-0.05, 0) is 43.6 Å². The minimum absolute atomic E-state index is 0.328. The highest BCUT2D eigenvalue weighted by Gasteiger charge is 2.28. The van der Waals surface area contributed by atoms with E-state index in [2.05, 4.69) is 23.3 Å². The number of quaternary nitrogens is 1. The molecular formula is C15H24N3OS+. The van der Waals surface area contributed by atoms with Gasteiger partial charge in [0.1, 0.15) is 0 Å². The van der Waals surface area contributed by atoms with Gasteiger partial charge in [-0.3, -0.25) is 0 Å². The van der Waals surface area contributed by atoms with Crippen molar-refractivity contribution >= 4 is 17.3 Å². The molecule has 2 rings (SSSR count). The van der Waals surface area contributed by atoms with Gasteiger partial charge in [0.05, 0.1) is 25.9 Å². The van der Waals surface area contributed by atoms with Gasteiger partial charge in [-0.2, -0.15) is 0 Å². The first kappa shape index (κ1) is 15.1. The number of piperidine rings is 1. The molecule has 1 atom stereocenters. The number of furan rings is 1. The number of hydrogen-bond acceptors (Lipinski definition) is 2. The monoisotopic (exact) mass is 294 g/mol. The molecule has 0 amide bonds. The fourth-order valence-corrected chi connectivity index (χ4v) is 2.88. The number of thiocarbonyl (C=S) groups is 1. The van der Waals surface area contributed by atoms with E-state index in [-0.39, 0.29) is 0 Å². The molecule has 20 heavy (non-hydrogen) atoms. The SMILES string of the molecule is C=CCNC(=S)NC[C@@H](c1ccco1)[NH+]1CCCCC1. The third-order valence-corrected chi connectivity index (χ3v) is 4.04. The van der Waals surface area contributed by atoms with E-state index in [9.17, 15) is 0 Å². The molecule has 0 radical (unpaired) electrons. The minimum atomic E-state index is 0.328. The van der Waals surface area contributed by atoms with Crippen LogP contribution >= 0.6 is 12.2 Å². The minimum Gasteiger partial charge on any atom is -0.463 e. The lowest BCUT2D eigenvalue weighted by atomic mass is 10.1. The fraction of sp³-hybridized carbons (Fsp3) is 0.533. The quantitative estimate of drug-likeness (QED) is 0.542. The number of hydrogen-bond donors (Lipinski definition) is 3. The zero-order valence-electron chi connectivity index (χ0n) is 11.9. The molecule has 1 fully saturated rings. The van der Waals surface area contributed by atoms with Crippen molar-refractivity contribution in [3.05, 3.63) is 36.8 Å². The Kier molecular flexibility index (Phi) is 6.08. The van der Waals surface area contributed by atoms with Crippen molar-refractivity contribution in [2.75, 3.05) is 26.2 Å². The van der Waals surface area contributed by atoms with Crippen molar-refractivity contribution in [3.8, 4) is 0 Å². The summed E-state index contributed by atoms with van der Waals surface area (Å²) in [6.07, 6.45) is 7.49. The van der Waals surface area contributed by atoms with Crippen LogP contribution < -0.4 is 15.5 Å². The van der Waals surface area contributed by atoms with Crippen LogP contribution in [-0.4, -0.2) is 31.3 Å². The summed E-state index contributed by atoms with van der Waals surface area (Å²) in [6.45, 7) is 7.58. The lowest BCUT2D eigenvalue weighted by Gasteiger charge is -2.30. The number of nitrogens with one attached hydrogen (secondary N) is 3. The predicted molar refractivity (Wildman–Crippen MR) is 84.8 cm³/mol. The normalized spacial score (nSPS) is 17.4. The Labute approximate surface area is 126 Å². The summed E-state index contributed by atoms with van der Waals surface area (Å²) >= 11 is 5.26. The van der Waals surface area contributed by atoms with E-state index < -0.39 is 0 Å². The average molecular weight is 294 g/mol. The molecule has 4 nitrogen and oxygen atoms in total. The Morgan fingerprint density at radius 3 is 2.85 bits per heavy atom. The highest BCUT2D eigenvalue weighted by atomic mass is 32.1. The molecule has 0 spiro atoms. The van der Waals surface area contributed by atoms with Gasteiger partial charge in [0, 0.05) is 6.54 Å². The van der Waals surface area contributed by atoms with E-state index in [1.54, 1.807) is 17.2 Å². The molecule has 0 aromatic carbocycles. The van der Waals surface area contributed by atoms with Gasteiger partial charge in [0.2, 0.25) is 0 Å². The third-order valence-electron chi connectivity index (χ3n) is 3.75. The van der Waals surface area contributed by atoms with Crippen molar-refractivity contribution in [2.45, 2.75) is 25.3 Å². The summed E-state index contributed by atoms with van der Waals surface area (Å²) in [4.78, 5) is 1.59. The molecule has 0 unspecified atom stereocenters. The maximum absolute atomic E-state index is 5.62. The van der Waals surface area contributed by atoms with E-state index in [0.717, 1.165) is 12.3 Å². The maximum Gasteiger partial charge on any atom is 0.166 e. The molecular weight excluding hydrogens is 270 g/mol. The molecule has 1 aliphatic rings. The molecule has 1 aromatic heterocycles. The third kappa shape index (κ3) is 4.35. The zero-order valence-corrected chi connectivity index (χ0v) is 12.7. The molecule has 1 aliphatic heterocycles. The van der Waals surface area contributed by atoms with E-state index in [0.29, 0.717) is 17.7 Å². The van der Waals surface area contributed by atoms with Crippen LogP contribution in [0, 0.1) is 0 Å². The summed E-state index contributed by atoms with van der Waals surface area (Å²) in [5.41, 5.74) is 0. The fourth-order valence-electron chi connectivity index (χ4n) is 2.71. The van der Waals surface area contributed by atoms with Crippen LogP contribution in [0.25, 0.3) is 0 Å². The Hall–Kier alpha value is -1.33. The van der Waals surface area contributed by atoms with E-state index >= 15 is 0 Å². The summed E-state index contributed by atoms with van der Waals surface area (Å²) in [5.74, 6) is 1.04. The van der Waals surface area contributed by atoms with Gasteiger partial charge in [-0.1, -0.05) is 6.08 Å². The summed E-state index contributed by atoms with van der Waals surface area (Å²) in [6, 6.07) is 4.35. The average Bonchev–Trinajstić information content (AvgIpc) is 3.00. The van der Waals surface area contributed by atoms with Crippen LogP contribution in [0.2, 0.25) is 0 Å². The van der Waals surface area contributed by atoms with Crippen LogP contribution in [0.3, 0.4) is 0 Å². The molecule has 0 bridgehead atoms. The molecule has 1 saturated heterocycles. The Morgan fingerprint density at radius 2 is 2.20 bits per heavy atom. The van der Waals surface area contributed by atoms with Crippen LogP contribution in [0.4, 0.5) is 0 Å². The van der Waals surface area contributed by atoms with Crippen molar-refractivity contribution in [1.82, 2.24) is 10.6 Å². The van der Waals surface area contributed by atoms with Gasteiger partial charge >= 0.3 is 0 Å². The van der Waals surface area contributed by atoms with Crippen LogP contribution in [-0.2, 0) is 0 Å².